The smallest absolute Gasteiger partial charge is 0.229 e. The van der Waals surface area contributed by atoms with Gasteiger partial charge in [-0.05, 0) is 30.4 Å². The Kier molecular flexibility index (Phi) is 2.74. The number of nitrogens with zero attached hydrogens (tertiary/aromatic N) is 2. The molecule has 6 nitrogen and oxygen atoms in total. The number of hydrogen-bond acceptors (Lipinski definition) is 5. The predicted octanol–water partition coefficient (Wildman–Crippen LogP) is 1.42. The maximum Gasteiger partial charge on any atom is 0.229 e. The second-order valence-corrected chi connectivity index (χ2v) is 9.29. The Bertz CT molecular complexity index is 960. The van der Waals surface area contributed by atoms with Crippen LogP contribution in [-0.4, -0.2) is 60.6 Å². The molecule has 0 radical (unpaired) electrons. The fraction of sp³-hybridized carbons (Fsp3) is 0.591. The summed E-state index contributed by atoms with van der Waals surface area (Å²) < 4.78 is 11.7. The highest BCUT2D eigenvalue weighted by molar-refractivity contribution is 5.99. The van der Waals surface area contributed by atoms with E-state index in [1.54, 1.807) is 7.11 Å². The van der Waals surface area contributed by atoms with Crippen LogP contribution in [-0.2, 0) is 14.9 Å². The van der Waals surface area contributed by atoms with E-state index in [1.165, 1.54) is 5.57 Å². The fourth-order valence-corrected chi connectivity index (χ4v) is 7.68. The summed E-state index contributed by atoms with van der Waals surface area (Å²) in [5.74, 6) is 1.40. The lowest BCUT2D eigenvalue weighted by Crippen LogP contribution is -2.74. The van der Waals surface area contributed by atoms with Gasteiger partial charge in [0, 0.05) is 25.1 Å². The minimum atomic E-state index is -0.902. The van der Waals surface area contributed by atoms with Crippen molar-refractivity contribution >= 4 is 11.6 Å². The number of aliphatic hydroxyl groups is 1. The lowest BCUT2D eigenvalue weighted by molar-refractivity contribution is -0.197. The third-order valence-corrected chi connectivity index (χ3v) is 8.65. The SMILES string of the molecule is COc1ccc2c(c1)N1C(=O)CC3OCC=C4CN5CCC26C1C3C4CC56O. The van der Waals surface area contributed by atoms with E-state index in [-0.39, 0.29) is 29.9 Å². The van der Waals surface area contributed by atoms with Gasteiger partial charge in [0.2, 0.25) is 5.91 Å². The van der Waals surface area contributed by atoms with Crippen molar-refractivity contribution < 1.29 is 19.4 Å². The number of methoxy groups -OCH3 is 1. The Hall–Kier alpha value is -1.89. The van der Waals surface area contributed by atoms with Gasteiger partial charge in [-0.3, -0.25) is 9.69 Å². The van der Waals surface area contributed by atoms with E-state index in [1.807, 2.05) is 17.0 Å². The Labute approximate surface area is 163 Å². The highest BCUT2D eigenvalue weighted by Crippen LogP contribution is 2.69. The third-order valence-electron chi connectivity index (χ3n) is 8.65. The van der Waals surface area contributed by atoms with Crippen LogP contribution in [0.25, 0.3) is 0 Å². The molecule has 146 valence electrons. The predicted molar refractivity (Wildman–Crippen MR) is 101 cm³/mol. The molecule has 1 aromatic rings. The number of rotatable bonds is 1. The first-order valence-corrected chi connectivity index (χ1v) is 10.4. The van der Waals surface area contributed by atoms with E-state index < -0.39 is 11.1 Å². The number of anilines is 1. The molecule has 5 aliphatic heterocycles. The summed E-state index contributed by atoms with van der Waals surface area (Å²) in [6, 6.07) is 6.02. The molecule has 3 saturated heterocycles. The molecule has 6 aliphatic rings. The molecule has 5 heterocycles. The highest BCUT2D eigenvalue weighted by Gasteiger charge is 2.76. The maximum atomic E-state index is 13.4. The molecule has 1 N–H and O–H groups in total. The number of fused-ring (bicyclic) bond motifs is 2. The first kappa shape index (κ1) is 16.0. The van der Waals surface area contributed by atoms with Crippen LogP contribution in [0.5, 0.6) is 5.75 Å². The van der Waals surface area contributed by atoms with Gasteiger partial charge in [-0.2, -0.15) is 0 Å². The van der Waals surface area contributed by atoms with Crippen LogP contribution >= 0.6 is 0 Å². The number of benzene rings is 1. The normalized spacial score (nSPS) is 44.9. The Morgan fingerprint density at radius 1 is 1.36 bits per heavy atom. The Morgan fingerprint density at radius 3 is 3.11 bits per heavy atom. The topological polar surface area (TPSA) is 62.2 Å². The van der Waals surface area contributed by atoms with Crippen LogP contribution in [0.15, 0.2) is 29.8 Å². The molecular formula is C22H24N2O4. The summed E-state index contributed by atoms with van der Waals surface area (Å²) in [5.41, 5.74) is 2.11. The van der Waals surface area contributed by atoms with Crippen molar-refractivity contribution in [2.45, 2.75) is 42.5 Å². The number of carbonyl (C=O) groups excluding carboxylic acids is 1. The van der Waals surface area contributed by atoms with E-state index in [0.29, 0.717) is 13.0 Å². The average Bonchev–Trinajstić information content (AvgIpc) is 3.11. The molecule has 6 heteroatoms. The van der Waals surface area contributed by atoms with Crippen molar-refractivity contribution in [1.82, 2.24) is 4.90 Å². The van der Waals surface area contributed by atoms with Gasteiger partial charge in [-0.25, -0.2) is 0 Å². The molecule has 28 heavy (non-hydrogen) atoms. The van der Waals surface area contributed by atoms with E-state index in [2.05, 4.69) is 17.0 Å². The van der Waals surface area contributed by atoms with Gasteiger partial charge < -0.3 is 19.5 Å². The summed E-state index contributed by atoms with van der Waals surface area (Å²) in [4.78, 5) is 17.6. The number of hydrogen-bond donors (Lipinski definition) is 1. The zero-order valence-corrected chi connectivity index (χ0v) is 15.9. The molecule has 6 atom stereocenters. The Morgan fingerprint density at radius 2 is 2.25 bits per heavy atom. The number of carbonyl (C=O) groups is 1. The molecule has 7 rings (SSSR count). The van der Waals surface area contributed by atoms with Crippen LogP contribution in [0.2, 0.25) is 0 Å². The summed E-state index contributed by atoms with van der Waals surface area (Å²) in [7, 11) is 1.66. The molecule has 1 aliphatic carbocycles. The van der Waals surface area contributed by atoms with Crippen molar-refractivity contribution in [2.24, 2.45) is 11.8 Å². The molecule has 6 unspecified atom stereocenters. The second-order valence-electron chi connectivity index (χ2n) is 9.29. The monoisotopic (exact) mass is 380 g/mol. The Balaban J connectivity index is 1.55. The molecule has 1 saturated carbocycles. The van der Waals surface area contributed by atoms with Crippen LogP contribution in [0.1, 0.15) is 24.8 Å². The van der Waals surface area contributed by atoms with Crippen molar-refractivity contribution in [1.29, 1.82) is 0 Å². The molecule has 4 fully saturated rings. The van der Waals surface area contributed by atoms with E-state index in [9.17, 15) is 9.90 Å². The molecular weight excluding hydrogens is 356 g/mol. The number of ether oxygens (including phenoxy) is 2. The van der Waals surface area contributed by atoms with Gasteiger partial charge >= 0.3 is 0 Å². The quantitative estimate of drug-likeness (QED) is 0.747. The molecule has 1 amide bonds. The summed E-state index contributed by atoms with van der Waals surface area (Å²) in [6.07, 6.45) is 4.20. The molecule has 1 spiro atoms. The molecule has 0 aromatic heterocycles. The molecule has 2 bridgehead atoms. The third kappa shape index (κ3) is 1.49. The van der Waals surface area contributed by atoms with Crippen LogP contribution in [0.4, 0.5) is 5.69 Å². The van der Waals surface area contributed by atoms with Gasteiger partial charge in [0.05, 0.1) is 43.4 Å². The van der Waals surface area contributed by atoms with E-state index >= 15 is 0 Å². The van der Waals surface area contributed by atoms with Gasteiger partial charge in [0.25, 0.3) is 0 Å². The summed E-state index contributed by atoms with van der Waals surface area (Å²) in [6.45, 7) is 2.26. The average molecular weight is 380 g/mol. The minimum absolute atomic E-state index is 0.0450. The van der Waals surface area contributed by atoms with E-state index in [0.717, 1.165) is 42.9 Å². The lowest BCUT2D eigenvalue weighted by atomic mass is 9.52. The van der Waals surface area contributed by atoms with Gasteiger partial charge in [0.15, 0.2) is 0 Å². The van der Waals surface area contributed by atoms with Crippen molar-refractivity contribution in [3.63, 3.8) is 0 Å². The first-order chi connectivity index (χ1) is 13.6. The maximum absolute atomic E-state index is 13.4. The highest BCUT2D eigenvalue weighted by atomic mass is 16.5. The van der Waals surface area contributed by atoms with Crippen molar-refractivity contribution in [3.05, 3.63) is 35.4 Å². The minimum Gasteiger partial charge on any atom is -0.497 e. The molecule has 1 aromatic carbocycles. The largest absolute Gasteiger partial charge is 0.497 e. The van der Waals surface area contributed by atoms with Gasteiger partial charge in [-0.15, -0.1) is 0 Å². The lowest BCUT2D eigenvalue weighted by Gasteiger charge is -2.62. The van der Waals surface area contributed by atoms with Gasteiger partial charge in [-0.1, -0.05) is 17.7 Å². The number of piperidine rings is 2. The van der Waals surface area contributed by atoms with Crippen LogP contribution < -0.4 is 9.64 Å². The summed E-state index contributed by atoms with van der Waals surface area (Å²) in [5, 5.41) is 12.2. The second kappa shape index (κ2) is 4.81. The first-order valence-electron chi connectivity index (χ1n) is 10.4. The van der Waals surface area contributed by atoms with Gasteiger partial charge in [0.1, 0.15) is 11.5 Å². The number of amides is 1. The van der Waals surface area contributed by atoms with E-state index in [4.69, 9.17) is 9.47 Å². The van der Waals surface area contributed by atoms with Crippen LogP contribution in [0, 0.1) is 11.8 Å². The zero-order chi connectivity index (χ0) is 18.8. The van der Waals surface area contributed by atoms with Crippen molar-refractivity contribution in [2.75, 3.05) is 31.7 Å². The van der Waals surface area contributed by atoms with Crippen molar-refractivity contribution in [3.8, 4) is 5.75 Å². The fourth-order valence-electron chi connectivity index (χ4n) is 7.68. The standard InChI is InChI=1S/C22H24N2O4/c1-27-13-2-3-15-16(8-13)24-18(25)9-17-19-14-10-22(26)21(15,20(19)24)5-6-23(22)11-12(14)4-7-28-17/h2-4,8,14,17,19-20,26H,5-7,9-11H2,1H3. The van der Waals surface area contributed by atoms with Crippen LogP contribution in [0.3, 0.4) is 0 Å². The summed E-state index contributed by atoms with van der Waals surface area (Å²) >= 11 is 0. The zero-order valence-electron chi connectivity index (χ0n) is 15.9.